The minimum Gasteiger partial charge on any atom is -0.872 e. The average Bonchev–Trinajstić information content (AvgIpc) is 2.97. The molecule has 1 fully saturated rings. The smallest absolute Gasteiger partial charge is 0.872 e. The number of rotatable bonds is 0. The van der Waals surface area contributed by atoms with E-state index in [9.17, 15) is 10.2 Å². The number of hydrogen-bond acceptors (Lipinski definition) is 16. The molecule has 2 aromatic carbocycles. The molecule has 0 aromatic heterocycles. The molecule has 0 aliphatic carbocycles. The Balaban J connectivity index is 0.00000184. The standard InChI is InChI=1S/C31H46N6O2.2ClHO4.2Ni/c1-24-16-26-20-34-6-3-7-35-21-27-17-25(2)19-29(31(27)39)23-37-13-5-9-32-10-14-36(12-4-8-33-11-15-37)22-28(18-24)30(26)38;2*2-1(3,4)5;;/h16-21,32-33,38-39H,3-15,22-23H2,1-2H3;2*(H,2,3,4,5);;/q;;;2*+2/p-4. The van der Waals surface area contributed by atoms with Crippen LogP contribution >= 0.6 is 0 Å². The summed E-state index contributed by atoms with van der Waals surface area (Å²) in [7, 11) is -9.89. The maximum atomic E-state index is 13.3. The molecular weight excluding hydrogens is 805 g/mol. The molecule has 2 N–H and O–H groups in total. The summed E-state index contributed by atoms with van der Waals surface area (Å²) in [5, 5.41) is 33.7. The zero-order valence-corrected chi connectivity index (χ0v) is 31.8. The monoisotopic (exact) mass is 846 g/mol. The number of aliphatic imine (C=N–C) groups is 2. The van der Waals surface area contributed by atoms with Crippen molar-refractivity contribution in [3.8, 4) is 11.5 Å². The molecule has 1 saturated heterocycles. The largest absolute Gasteiger partial charge is 2.00 e. The van der Waals surface area contributed by atoms with E-state index in [1.165, 1.54) is 0 Å². The van der Waals surface area contributed by atoms with E-state index in [1.54, 1.807) is 12.4 Å². The molecule has 20 heteroatoms. The first kappa shape index (κ1) is 49.5. The van der Waals surface area contributed by atoms with Crippen molar-refractivity contribution in [2.24, 2.45) is 9.98 Å². The average molecular weight is 849 g/mol. The van der Waals surface area contributed by atoms with Crippen LogP contribution in [0.15, 0.2) is 34.3 Å². The molecule has 0 spiro atoms. The Morgan fingerprint density at radius 3 is 1.25 bits per heavy atom. The van der Waals surface area contributed by atoms with Crippen LogP contribution < -0.4 is 58.1 Å². The van der Waals surface area contributed by atoms with E-state index in [4.69, 9.17) is 37.3 Å². The Labute approximate surface area is 323 Å². The molecule has 292 valence electrons. The van der Waals surface area contributed by atoms with Gasteiger partial charge in [-0.3, -0.25) is 19.8 Å². The SMILES string of the molecule is Cc1cc2c([O-])c(c1)CN1CCCNCCN(CCCNCC1)Cc1cc(C)cc(c1[O-])C=NCCCN=C2.[Ni+2].[Ni+2].[O-][Cl+3]([O-])([O-])[O-].[O-][Cl+3]([O-])([O-])[O-]. The van der Waals surface area contributed by atoms with Crippen LogP contribution in [-0.2, 0) is 46.1 Å². The molecule has 2 aromatic rings. The summed E-state index contributed by atoms with van der Waals surface area (Å²) in [6.07, 6.45) is 6.23. The van der Waals surface area contributed by atoms with E-state index in [1.807, 2.05) is 38.1 Å². The van der Waals surface area contributed by atoms with Crippen LogP contribution in [0.5, 0.6) is 11.5 Å². The van der Waals surface area contributed by atoms with Crippen molar-refractivity contribution in [2.75, 3.05) is 65.4 Å². The summed E-state index contributed by atoms with van der Waals surface area (Å²) in [5.74, 6) is 0.147. The number of fused-ring (bicyclic) bond motifs is 14. The first-order valence-electron chi connectivity index (χ1n) is 15.7. The second-order valence-corrected chi connectivity index (χ2v) is 13.1. The fraction of sp³-hybridized carbons (Fsp3) is 0.548. The maximum absolute atomic E-state index is 13.3. The van der Waals surface area contributed by atoms with Crippen LogP contribution in [-0.4, -0.2) is 87.7 Å². The van der Waals surface area contributed by atoms with Crippen molar-refractivity contribution in [2.45, 2.75) is 46.2 Å². The predicted octanol–water partition coefficient (Wildman–Crippen LogP) is -7.55. The Hall–Kier alpha value is -1.53. The van der Waals surface area contributed by atoms with Crippen molar-refractivity contribution in [1.82, 2.24) is 20.4 Å². The van der Waals surface area contributed by atoms with Gasteiger partial charge in [0.25, 0.3) is 0 Å². The molecule has 16 nitrogen and oxygen atoms in total. The molecule has 3 aliphatic heterocycles. The number of benzene rings is 2. The van der Waals surface area contributed by atoms with Crippen LogP contribution in [0.3, 0.4) is 0 Å². The predicted molar refractivity (Wildman–Crippen MR) is 156 cm³/mol. The Kier molecular flexibility index (Phi) is 24.7. The van der Waals surface area contributed by atoms with Crippen molar-refractivity contribution < 1.29 is 101 Å². The molecule has 6 bridgehead atoms. The molecular formula is C31H44Cl2N6Ni2O10. The third-order valence-electron chi connectivity index (χ3n) is 7.37. The van der Waals surface area contributed by atoms with E-state index in [0.717, 1.165) is 93.9 Å². The maximum Gasteiger partial charge on any atom is 2.00 e. The molecule has 5 rings (SSSR count). The van der Waals surface area contributed by atoms with Gasteiger partial charge in [-0.05, 0) is 81.5 Å². The van der Waals surface area contributed by atoms with Crippen LogP contribution in [0.25, 0.3) is 0 Å². The normalized spacial score (nSPS) is 19.5. The molecule has 0 saturated carbocycles. The summed E-state index contributed by atoms with van der Waals surface area (Å²) < 4.78 is 67.9. The zero-order valence-electron chi connectivity index (χ0n) is 28.3. The van der Waals surface area contributed by atoms with Gasteiger partial charge in [0.15, 0.2) is 0 Å². The second kappa shape index (κ2) is 25.5. The van der Waals surface area contributed by atoms with Crippen LogP contribution in [0.4, 0.5) is 0 Å². The number of halogens is 2. The van der Waals surface area contributed by atoms with Gasteiger partial charge in [0.2, 0.25) is 0 Å². The number of hydrogen-bond donors (Lipinski definition) is 2. The zero-order chi connectivity index (χ0) is 36.5. The van der Waals surface area contributed by atoms with Gasteiger partial charge >= 0.3 is 33.0 Å². The number of nitrogens with one attached hydrogen (secondary N) is 2. The molecule has 51 heavy (non-hydrogen) atoms. The Bertz CT molecular complexity index is 1230. The van der Waals surface area contributed by atoms with Gasteiger partial charge in [-0.15, -0.1) is 20.5 Å². The molecule has 0 amide bonds. The van der Waals surface area contributed by atoms with Crippen LogP contribution in [0.1, 0.15) is 52.6 Å². The van der Waals surface area contributed by atoms with Crippen LogP contribution in [0.2, 0.25) is 0 Å². The number of aryl methyl sites for hydroxylation is 2. The topological polar surface area (TPSA) is 286 Å². The van der Waals surface area contributed by atoms with Gasteiger partial charge < -0.3 is 20.8 Å². The molecule has 3 heterocycles. The molecule has 0 radical (unpaired) electrons. The summed E-state index contributed by atoms with van der Waals surface area (Å²) in [6, 6.07) is 7.92. The minimum atomic E-state index is -4.94. The van der Waals surface area contributed by atoms with E-state index < -0.39 is 20.5 Å². The van der Waals surface area contributed by atoms with E-state index in [0.29, 0.717) is 37.3 Å². The van der Waals surface area contributed by atoms with Crippen molar-refractivity contribution in [1.29, 1.82) is 0 Å². The van der Waals surface area contributed by atoms with Gasteiger partial charge in [-0.25, -0.2) is 37.3 Å². The third-order valence-corrected chi connectivity index (χ3v) is 7.37. The van der Waals surface area contributed by atoms with Gasteiger partial charge in [-0.1, -0.05) is 46.9 Å². The van der Waals surface area contributed by atoms with E-state index in [-0.39, 0.29) is 44.5 Å². The summed E-state index contributed by atoms with van der Waals surface area (Å²) in [6.45, 7) is 13.8. The third kappa shape index (κ3) is 23.7. The molecule has 3 aliphatic rings. The Morgan fingerprint density at radius 2 is 0.902 bits per heavy atom. The Morgan fingerprint density at radius 1 is 0.549 bits per heavy atom. The van der Waals surface area contributed by atoms with E-state index >= 15 is 0 Å². The summed E-state index contributed by atoms with van der Waals surface area (Å²) >= 11 is 0. The van der Waals surface area contributed by atoms with Crippen LogP contribution in [0, 0.1) is 34.3 Å². The molecule has 2 atom stereocenters. The minimum absolute atomic E-state index is 0. The fourth-order valence-electron chi connectivity index (χ4n) is 5.36. The first-order valence-corrected chi connectivity index (χ1v) is 18.2. The summed E-state index contributed by atoms with van der Waals surface area (Å²) in [4.78, 5) is 13.8. The molecule has 2 unspecified atom stereocenters. The van der Waals surface area contributed by atoms with Crippen molar-refractivity contribution in [3.05, 3.63) is 57.6 Å². The van der Waals surface area contributed by atoms with E-state index in [2.05, 4.69) is 30.4 Å². The van der Waals surface area contributed by atoms with Gasteiger partial charge in [0.1, 0.15) is 0 Å². The van der Waals surface area contributed by atoms with Gasteiger partial charge in [0, 0.05) is 64.8 Å². The fourth-order valence-corrected chi connectivity index (χ4v) is 5.36. The summed E-state index contributed by atoms with van der Waals surface area (Å²) in [5.41, 5.74) is 5.16. The van der Waals surface area contributed by atoms with Crippen molar-refractivity contribution in [3.63, 3.8) is 0 Å². The first-order chi connectivity index (χ1) is 23.0. The van der Waals surface area contributed by atoms with Gasteiger partial charge in [-0.2, -0.15) is 0 Å². The quantitative estimate of drug-likeness (QED) is 0.233. The number of nitrogens with zero attached hydrogens (tertiary/aromatic N) is 4. The second-order valence-electron chi connectivity index (χ2n) is 11.6. The van der Waals surface area contributed by atoms with Gasteiger partial charge in [0.05, 0.1) is 0 Å². The van der Waals surface area contributed by atoms with Crippen molar-refractivity contribution >= 4 is 12.4 Å².